The zero-order chi connectivity index (χ0) is 14.5. The summed E-state index contributed by atoms with van der Waals surface area (Å²) < 4.78 is 5.00. The summed E-state index contributed by atoms with van der Waals surface area (Å²) in [5.41, 5.74) is 2.02. The molecule has 1 unspecified atom stereocenters. The molecule has 5 nitrogen and oxygen atoms in total. The molecule has 0 saturated carbocycles. The molecule has 0 bridgehead atoms. The van der Waals surface area contributed by atoms with Gasteiger partial charge >= 0.3 is 0 Å². The maximum atomic E-state index is 12.2. The number of aromatic nitrogens is 2. The lowest BCUT2D eigenvalue weighted by Crippen LogP contribution is -2.35. The monoisotopic (exact) mass is 293 g/mol. The number of ether oxygens (including phenoxy) is 1. The quantitative estimate of drug-likeness (QED) is 0.890. The Kier molecular flexibility index (Phi) is 4.76. The Bertz CT molecular complexity index is 580. The number of carbonyl (C=O) groups excluding carboxylic acids is 1. The van der Waals surface area contributed by atoms with Gasteiger partial charge in [-0.25, -0.2) is 0 Å². The highest BCUT2D eigenvalue weighted by atomic mass is 35.5. The summed E-state index contributed by atoms with van der Waals surface area (Å²) in [5, 5.41) is 10.3. The molecule has 0 aliphatic heterocycles. The molecule has 1 aromatic heterocycles. The second kappa shape index (κ2) is 6.54. The van der Waals surface area contributed by atoms with Crippen molar-refractivity contribution in [3.63, 3.8) is 0 Å². The number of hydrogen-bond acceptors (Lipinski definition) is 3. The van der Waals surface area contributed by atoms with Gasteiger partial charge in [-0.15, -0.1) is 0 Å². The van der Waals surface area contributed by atoms with Crippen LogP contribution < -0.4 is 5.32 Å². The Morgan fingerprint density at radius 3 is 2.80 bits per heavy atom. The van der Waals surface area contributed by atoms with Gasteiger partial charge in [0.15, 0.2) is 0 Å². The number of methoxy groups -OCH3 is 1. The van der Waals surface area contributed by atoms with Gasteiger partial charge in [0.1, 0.15) is 0 Å². The summed E-state index contributed by atoms with van der Waals surface area (Å²) in [4.78, 5) is 12.2. The molecule has 2 N–H and O–H groups in total. The number of rotatable bonds is 5. The van der Waals surface area contributed by atoms with Gasteiger partial charge in [-0.05, 0) is 19.1 Å². The third kappa shape index (κ3) is 3.37. The number of nitrogens with one attached hydrogen (secondary N) is 2. The van der Waals surface area contributed by atoms with Crippen LogP contribution in [0.15, 0.2) is 30.5 Å². The molecule has 0 aliphatic carbocycles. The molecule has 20 heavy (non-hydrogen) atoms. The predicted molar refractivity (Wildman–Crippen MR) is 77.8 cm³/mol. The maximum Gasteiger partial charge on any atom is 0.255 e. The van der Waals surface area contributed by atoms with E-state index in [1.165, 1.54) is 6.20 Å². The normalized spacial score (nSPS) is 12.2. The Morgan fingerprint density at radius 2 is 2.15 bits per heavy atom. The van der Waals surface area contributed by atoms with Crippen LogP contribution in [-0.2, 0) is 4.74 Å². The second-order valence-electron chi connectivity index (χ2n) is 4.50. The first-order valence-corrected chi connectivity index (χ1v) is 6.58. The molecule has 2 aromatic rings. The summed E-state index contributed by atoms with van der Waals surface area (Å²) in [5.74, 6) is -0.187. The van der Waals surface area contributed by atoms with Crippen LogP contribution in [0.3, 0.4) is 0 Å². The number of amides is 1. The first-order valence-electron chi connectivity index (χ1n) is 6.21. The molecule has 1 heterocycles. The standard InChI is InChI=1S/C14H16ClN3O2/c1-9(8-20-2)17-14(19)12-7-16-18-13(12)10-3-5-11(15)6-4-10/h3-7,9H,8H2,1-2H3,(H,16,18)(H,17,19). The van der Waals surface area contributed by atoms with Crippen molar-refractivity contribution in [3.05, 3.63) is 41.0 Å². The van der Waals surface area contributed by atoms with E-state index in [1.54, 1.807) is 19.2 Å². The fraction of sp³-hybridized carbons (Fsp3) is 0.286. The van der Waals surface area contributed by atoms with Crippen molar-refractivity contribution in [2.24, 2.45) is 0 Å². The van der Waals surface area contributed by atoms with Crippen molar-refractivity contribution >= 4 is 17.5 Å². The number of carbonyl (C=O) groups is 1. The van der Waals surface area contributed by atoms with Crippen molar-refractivity contribution in [1.29, 1.82) is 0 Å². The molecule has 0 radical (unpaired) electrons. The van der Waals surface area contributed by atoms with Crippen LogP contribution >= 0.6 is 11.6 Å². The van der Waals surface area contributed by atoms with E-state index in [-0.39, 0.29) is 11.9 Å². The molecule has 2 rings (SSSR count). The van der Waals surface area contributed by atoms with Gasteiger partial charge in [0.2, 0.25) is 0 Å². The van der Waals surface area contributed by atoms with Crippen molar-refractivity contribution in [2.45, 2.75) is 13.0 Å². The third-order valence-electron chi connectivity index (χ3n) is 2.81. The lowest BCUT2D eigenvalue weighted by atomic mass is 10.1. The van der Waals surface area contributed by atoms with Crippen LogP contribution in [0, 0.1) is 0 Å². The Balaban J connectivity index is 2.20. The van der Waals surface area contributed by atoms with Crippen molar-refractivity contribution in [2.75, 3.05) is 13.7 Å². The minimum Gasteiger partial charge on any atom is -0.383 e. The highest BCUT2D eigenvalue weighted by molar-refractivity contribution is 6.30. The van der Waals surface area contributed by atoms with Crippen LogP contribution in [-0.4, -0.2) is 35.9 Å². The Labute approximate surface area is 122 Å². The minimum atomic E-state index is -0.187. The molecule has 0 spiro atoms. The van der Waals surface area contributed by atoms with E-state index < -0.39 is 0 Å². The van der Waals surface area contributed by atoms with E-state index in [2.05, 4.69) is 15.5 Å². The van der Waals surface area contributed by atoms with Crippen molar-refractivity contribution in [3.8, 4) is 11.3 Å². The van der Waals surface area contributed by atoms with Gasteiger partial charge in [-0.3, -0.25) is 9.89 Å². The SMILES string of the molecule is COCC(C)NC(=O)c1cn[nH]c1-c1ccc(Cl)cc1. The van der Waals surface area contributed by atoms with Gasteiger partial charge in [0, 0.05) is 23.7 Å². The van der Waals surface area contributed by atoms with Crippen LogP contribution in [0.1, 0.15) is 17.3 Å². The highest BCUT2D eigenvalue weighted by Gasteiger charge is 2.16. The predicted octanol–water partition coefficient (Wildman–Crippen LogP) is 2.49. The van der Waals surface area contributed by atoms with Crippen LogP contribution in [0.2, 0.25) is 5.02 Å². The van der Waals surface area contributed by atoms with Crippen LogP contribution in [0.5, 0.6) is 0 Å². The van der Waals surface area contributed by atoms with Gasteiger partial charge in [0.05, 0.1) is 24.1 Å². The number of H-pyrrole nitrogens is 1. The lowest BCUT2D eigenvalue weighted by Gasteiger charge is -2.12. The number of aromatic amines is 1. The third-order valence-corrected chi connectivity index (χ3v) is 3.06. The molecule has 1 atom stereocenters. The summed E-state index contributed by atoms with van der Waals surface area (Å²) in [6.07, 6.45) is 1.51. The zero-order valence-electron chi connectivity index (χ0n) is 11.3. The average Bonchev–Trinajstić information content (AvgIpc) is 2.89. The van der Waals surface area contributed by atoms with Crippen molar-refractivity contribution in [1.82, 2.24) is 15.5 Å². The number of halogens is 1. The molecule has 0 aliphatic rings. The summed E-state index contributed by atoms with van der Waals surface area (Å²) in [7, 11) is 1.60. The highest BCUT2D eigenvalue weighted by Crippen LogP contribution is 2.22. The fourth-order valence-electron chi connectivity index (χ4n) is 1.89. The van der Waals surface area contributed by atoms with E-state index in [0.29, 0.717) is 22.9 Å². The van der Waals surface area contributed by atoms with Crippen LogP contribution in [0.4, 0.5) is 0 Å². The van der Waals surface area contributed by atoms with E-state index in [0.717, 1.165) is 5.56 Å². The van der Waals surface area contributed by atoms with E-state index in [1.807, 2.05) is 19.1 Å². The molecule has 0 saturated heterocycles. The molecule has 106 valence electrons. The minimum absolute atomic E-state index is 0.0690. The molecule has 0 fully saturated rings. The second-order valence-corrected chi connectivity index (χ2v) is 4.93. The van der Waals surface area contributed by atoms with Gasteiger partial charge in [-0.2, -0.15) is 5.10 Å². The maximum absolute atomic E-state index is 12.2. The van der Waals surface area contributed by atoms with E-state index in [4.69, 9.17) is 16.3 Å². The molecule has 6 heteroatoms. The zero-order valence-corrected chi connectivity index (χ0v) is 12.1. The molecule has 1 aromatic carbocycles. The topological polar surface area (TPSA) is 67.0 Å². The fourth-order valence-corrected chi connectivity index (χ4v) is 2.01. The molecular formula is C14H16ClN3O2. The van der Waals surface area contributed by atoms with Gasteiger partial charge in [0.25, 0.3) is 5.91 Å². The van der Waals surface area contributed by atoms with Gasteiger partial charge < -0.3 is 10.1 Å². The summed E-state index contributed by atoms with van der Waals surface area (Å²) in [6.45, 7) is 2.34. The first kappa shape index (κ1) is 14.6. The summed E-state index contributed by atoms with van der Waals surface area (Å²) >= 11 is 5.86. The summed E-state index contributed by atoms with van der Waals surface area (Å²) in [6, 6.07) is 7.15. The van der Waals surface area contributed by atoms with Crippen molar-refractivity contribution < 1.29 is 9.53 Å². The van der Waals surface area contributed by atoms with Crippen LogP contribution in [0.25, 0.3) is 11.3 Å². The number of benzene rings is 1. The Hall–Kier alpha value is -1.85. The lowest BCUT2D eigenvalue weighted by molar-refractivity contribution is 0.0906. The van der Waals surface area contributed by atoms with Gasteiger partial charge in [-0.1, -0.05) is 23.7 Å². The number of hydrogen-bond donors (Lipinski definition) is 2. The smallest absolute Gasteiger partial charge is 0.255 e. The Morgan fingerprint density at radius 1 is 1.45 bits per heavy atom. The first-order chi connectivity index (χ1) is 9.61. The molecule has 1 amide bonds. The molecular weight excluding hydrogens is 278 g/mol. The number of nitrogens with zero attached hydrogens (tertiary/aromatic N) is 1. The largest absolute Gasteiger partial charge is 0.383 e. The van der Waals surface area contributed by atoms with E-state index >= 15 is 0 Å². The average molecular weight is 294 g/mol. The van der Waals surface area contributed by atoms with E-state index in [9.17, 15) is 4.79 Å².